The van der Waals surface area contributed by atoms with Crippen LogP contribution in [0.15, 0.2) is 29.2 Å². The molecule has 7 nitrogen and oxygen atoms in total. The number of fused-ring (bicyclic) bond motifs is 4. The van der Waals surface area contributed by atoms with Crippen molar-refractivity contribution in [1.29, 1.82) is 0 Å². The van der Waals surface area contributed by atoms with Crippen molar-refractivity contribution in [2.75, 3.05) is 6.61 Å². The average Bonchev–Trinajstić information content (AvgIpc) is 3.07. The number of ether oxygens (including phenoxy) is 4. The van der Waals surface area contributed by atoms with Crippen LogP contribution in [0.2, 0.25) is 0 Å². The molecule has 3 aliphatic heterocycles. The van der Waals surface area contributed by atoms with Gasteiger partial charge in [0.15, 0.2) is 18.2 Å². The molecule has 3 heterocycles. The van der Waals surface area contributed by atoms with Crippen molar-refractivity contribution in [3.05, 3.63) is 29.8 Å². The third-order valence-electron chi connectivity index (χ3n) is 4.40. The summed E-state index contributed by atoms with van der Waals surface area (Å²) >= 11 is 0. The van der Waals surface area contributed by atoms with E-state index in [-0.39, 0.29) is 11.0 Å². The summed E-state index contributed by atoms with van der Waals surface area (Å²) in [5.41, 5.74) is 0.964. The predicted molar refractivity (Wildman–Crippen MR) is 81.7 cm³/mol. The highest BCUT2D eigenvalue weighted by Gasteiger charge is 2.60. The number of hydrogen-bond acceptors (Lipinski definition) is 7. The van der Waals surface area contributed by atoms with E-state index in [1.807, 2.05) is 6.92 Å². The van der Waals surface area contributed by atoms with Gasteiger partial charge in [-0.05, 0) is 32.9 Å². The molecule has 132 valence electrons. The van der Waals surface area contributed by atoms with Crippen LogP contribution in [0, 0.1) is 6.92 Å². The SMILES string of the molecule is Cc1ccc(S(=O)(=O)O[C@@H]2[C@@H]3OC[C@@H](O3)[C@@H]3OC(C)(C)O[C@H]23)cc1. The van der Waals surface area contributed by atoms with E-state index < -0.39 is 40.5 Å². The van der Waals surface area contributed by atoms with Gasteiger partial charge in [0.1, 0.15) is 18.3 Å². The standard InChI is InChI=1S/C16H20O7S/c1-9-4-6-10(7-5-9)24(17,18)23-14-13-12(21-16(2,3)22-13)11-8-19-15(14)20-11/h4-7,11-15H,8H2,1-3H3/t11-,12+,13+,14+,15-/m1/s1. The number of aryl methyl sites for hydroxylation is 1. The van der Waals surface area contributed by atoms with Crippen molar-refractivity contribution >= 4 is 10.1 Å². The van der Waals surface area contributed by atoms with Crippen LogP contribution in [-0.2, 0) is 33.2 Å². The lowest BCUT2D eigenvalue weighted by Crippen LogP contribution is -2.53. The van der Waals surface area contributed by atoms with Gasteiger partial charge in [-0.15, -0.1) is 0 Å². The molecule has 0 aliphatic carbocycles. The summed E-state index contributed by atoms with van der Waals surface area (Å²) in [4.78, 5) is 0.0861. The Hall–Kier alpha value is -1.03. The molecule has 0 spiro atoms. The molecule has 0 radical (unpaired) electrons. The first-order valence-electron chi connectivity index (χ1n) is 7.88. The van der Waals surface area contributed by atoms with Crippen LogP contribution in [0.4, 0.5) is 0 Å². The lowest BCUT2D eigenvalue weighted by Gasteiger charge is -2.34. The van der Waals surface area contributed by atoms with E-state index in [4.69, 9.17) is 23.1 Å². The Morgan fingerprint density at radius 2 is 1.79 bits per heavy atom. The zero-order valence-electron chi connectivity index (χ0n) is 13.7. The summed E-state index contributed by atoms with van der Waals surface area (Å²) in [6.07, 6.45) is -2.96. The van der Waals surface area contributed by atoms with Crippen molar-refractivity contribution in [2.45, 2.75) is 62.2 Å². The van der Waals surface area contributed by atoms with Gasteiger partial charge in [-0.2, -0.15) is 8.42 Å². The van der Waals surface area contributed by atoms with Gasteiger partial charge in [0, 0.05) is 0 Å². The minimum atomic E-state index is -3.97. The molecule has 24 heavy (non-hydrogen) atoms. The lowest BCUT2D eigenvalue weighted by atomic mass is 10.0. The Kier molecular flexibility index (Phi) is 3.76. The molecule has 4 rings (SSSR count). The summed E-state index contributed by atoms with van der Waals surface area (Å²) in [6, 6.07) is 6.47. The van der Waals surface area contributed by atoms with Gasteiger partial charge in [0.05, 0.1) is 11.5 Å². The van der Waals surface area contributed by atoms with Crippen LogP contribution in [0.25, 0.3) is 0 Å². The second-order valence-electron chi connectivity index (χ2n) is 6.77. The summed E-state index contributed by atoms with van der Waals surface area (Å²) in [5.74, 6) is -0.821. The maximum atomic E-state index is 12.6. The Morgan fingerprint density at radius 3 is 2.50 bits per heavy atom. The summed E-state index contributed by atoms with van der Waals surface area (Å²) in [5, 5.41) is 0. The van der Waals surface area contributed by atoms with Gasteiger partial charge in [0.2, 0.25) is 0 Å². The van der Waals surface area contributed by atoms with Crippen LogP contribution < -0.4 is 0 Å². The third-order valence-corrected chi connectivity index (χ3v) is 5.73. The first kappa shape index (κ1) is 16.4. The second kappa shape index (κ2) is 5.48. The second-order valence-corrected chi connectivity index (χ2v) is 8.34. The molecule has 1 aromatic carbocycles. The Bertz CT molecular complexity index is 727. The normalized spacial score (nSPS) is 37.4. The van der Waals surface area contributed by atoms with Crippen LogP contribution >= 0.6 is 0 Å². The van der Waals surface area contributed by atoms with E-state index in [9.17, 15) is 8.42 Å². The van der Waals surface area contributed by atoms with Crippen LogP contribution in [0.1, 0.15) is 19.4 Å². The van der Waals surface area contributed by atoms with E-state index in [1.165, 1.54) is 12.1 Å². The molecule has 0 unspecified atom stereocenters. The zero-order valence-corrected chi connectivity index (χ0v) is 14.5. The molecular weight excluding hydrogens is 336 g/mol. The van der Waals surface area contributed by atoms with E-state index in [1.54, 1.807) is 26.0 Å². The molecule has 0 saturated carbocycles. The minimum Gasteiger partial charge on any atom is -0.347 e. The fraction of sp³-hybridized carbons (Fsp3) is 0.625. The molecule has 1 aromatic rings. The highest BCUT2D eigenvalue weighted by Crippen LogP contribution is 2.42. The van der Waals surface area contributed by atoms with Crippen LogP contribution in [0.3, 0.4) is 0 Å². The number of rotatable bonds is 3. The van der Waals surface area contributed by atoms with E-state index in [0.717, 1.165) is 5.56 Å². The molecule has 3 fully saturated rings. The highest BCUT2D eigenvalue weighted by atomic mass is 32.2. The van der Waals surface area contributed by atoms with Gasteiger partial charge in [-0.1, -0.05) is 17.7 Å². The Labute approximate surface area is 140 Å². The van der Waals surface area contributed by atoms with E-state index >= 15 is 0 Å². The van der Waals surface area contributed by atoms with Gasteiger partial charge >= 0.3 is 0 Å². The van der Waals surface area contributed by atoms with Crippen molar-refractivity contribution < 1.29 is 31.5 Å². The molecule has 0 aromatic heterocycles. The number of benzene rings is 1. The highest BCUT2D eigenvalue weighted by molar-refractivity contribution is 7.86. The minimum absolute atomic E-state index is 0.0861. The maximum absolute atomic E-state index is 12.6. The average molecular weight is 356 g/mol. The van der Waals surface area contributed by atoms with Crippen molar-refractivity contribution in [2.24, 2.45) is 0 Å². The van der Waals surface area contributed by atoms with Gasteiger partial charge in [0.25, 0.3) is 10.1 Å². The fourth-order valence-electron chi connectivity index (χ4n) is 3.31. The lowest BCUT2D eigenvalue weighted by molar-refractivity contribution is -0.194. The van der Waals surface area contributed by atoms with E-state index in [0.29, 0.717) is 6.61 Å². The van der Waals surface area contributed by atoms with Crippen LogP contribution in [0.5, 0.6) is 0 Å². The van der Waals surface area contributed by atoms with Crippen molar-refractivity contribution in [1.82, 2.24) is 0 Å². The summed E-state index contributed by atoms with van der Waals surface area (Å²) in [7, 11) is -3.97. The smallest absolute Gasteiger partial charge is 0.297 e. The Balaban J connectivity index is 1.62. The molecule has 8 heteroatoms. The largest absolute Gasteiger partial charge is 0.347 e. The Morgan fingerprint density at radius 1 is 1.12 bits per heavy atom. The molecule has 0 amide bonds. The van der Waals surface area contributed by atoms with Crippen LogP contribution in [-0.4, -0.2) is 51.5 Å². The summed E-state index contributed by atoms with van der Waals surface area (Å²) < 4.78 is 53.6. The topological polar surface area (TPSA) is 80.3 Å². The number of hydrogen-bond donors (Lipinski definition) is 0. The molecular formula is C16H20O7S. The van der Waals surface area contributed by atoms with Gasteiger partial charge in [-0.3, -0.25) is 4.18 Å². The molecule has 3 saturated heterocycles. The molecule has 3 aliphatic rings. The first-order valence-corrected chi connectivity index (χ1v) is 9.29. The van der Waals surface area contributed by atoms with Crippen molar-refractivity contribution in [3.8, 4) is 0 Å². The molecule has 2 bridgehead atoms. The molecule has 5 atom stereocenters. The third kappa shape index (κ3) is 2.77. The van der Waals surface area contributed by atoms with Gasteiger partial charge in [-0.25, -0.2) is 0 Å². The first-order chi connectivity index (χ1) is 11.3. The predicted octanol–water partition coefficient (Wildman–Crippen LogP) is 1.34. The monoisotopic (exact) mass is 356 g/mol. The maximum Gasteiger partial charge on any atom is 0.297 e. The quantitative estimate of drug-likeness (QED) is 0.756. The van der Waals surface area contributed by atoms with Crippen molar-refractivity contribution in [3.63, 3.8) is 0 Å². The molecule has 0 N–H and O–H groups in total. The zero-order chi connectivity index (χ0) is 17.1. The van der Waals surface area contributed by atoms with Gasteiger partial charge < -0.3 is 18.9 Å². The van der Waals surface area contributed by atoms with E-state index in [2.05, 4.69) is 0 Å². The fourth-order valence-corrected chi connectivity index (χ4v) is 4.38. The summed E-state index contributed by atoms with van der Waals surface area (Å²) in [6.45, 7) is 5.78.